The highest BCUT2D eigenvalue weighted by atomic mass is 32.2. The molecule has 33 heavy (non-hydrogen) atoms. The minimum Gasteiger partial charge on any atom is -0.489 e. The molecule has 2 amide bonds. The van der Waals surface area contributed by atoms with E-state index >= 15 is 0 Å². The summed E-state index contributed by atoms with van der Waals surface area (Å²) in [6.07, 6.45) is -0.0691. The molecule has 8 nitrogen and oxygen atoms in total. The fraction of sp³-hybridized carbons (Fsp3) is 0.391. The van der Waals surface area contributed by atoms with Crippen LogP contribution in [0.25, 0.3) is 0 Å². The number of likely N-dealkylation sites (tertiary alicyclic amines) is 1. The maximum absolute atomic E-state index is 13.5. The molecule has 1 fully saturated rings. The van der Waals surface area contributed by atoms with Crippen molar-refractivity contribution in [3.8, 4) is 5.75 Å². The molecule has 2 aromatic rings. The van der Waals surface area contributed by atoms with Crippen molar-refractivity contribution in [2.45, 2.75) is 49.5 Å². The first kappa shape index (κ1) is 24.5. The smallest absolute Gasteiger partial charge is 0.315 e. The predicted octanol–water partition coefficient (Wildman–Crippen LogP) is 3.20. The molecule has 0 spiro atoms. The fourth-order valence-corrected chi connectivity index (χ4v) is 6.65. The second-order valence-electron chi connectivity index (χ2n) is 8.77. The van der Waals surface area contributed by atoms with Gasteiger partial charge in [-0.25, -0.2) is 17.6 Å². The Balaban J connectivity index is 1.87. The first-order chi connectivity index (χ1) is 15.3. The van der Waals surface area contributed by atoms with Gasteiger partial charge in [0, 0.05) is 6.54 Å². The Hall–Kier alpha value is -3.14. The number of hydrogen-bond acceptors (Lipinski definition) is 5. The zero-order valence-corrected chi connectivity index (χ0v) is 19.4. The summed E-state index contributed by atoms with van der Waals surface area (Å²) in [7, 11) is -4.08. The van der Waals surface area contributed by atoms with Crippen molar-refractivity contribution in [1.82, 2.24) is 4.90 Å². The van der Waals surface area contributed by atoms with Crippen LogP contribution in [0.2, 0.25) is 0 Å². The summed E-state index contributed by atoms with van der Waals surface area (Å²) in [6.45, 7) is 4.56. The normalized spacial score (nSPS) is 22.5. The van der Waals surface area contributed by atoms with Crippen molar-refractivity contribution in [3.05, 3.63) is 59.9 Å². The number of carboxylic acids is 1. The summed E-state index contributed by atoms with van der Waals surface area (Å²) in [5.41, 5.74) is 3.02. The van der Waals surface area contributed by atoms with Gasteiger partial charge in [-0.3, -0.25) is 4.79 Å². The molecule has 178 valence electrons. The van der Waals surface area contributed by atoms with Gasteiger partial charge in [0.05, 0.1) is 15.7 Å². The highest BCUT2D eigenvalue weighted by Crippen LogP contribution is 2.48. The van der Waals surface area contributed by atoms with Crippen molar-refractivity contribution in [2.24, 2.45) is 11.1 Å². The third kappa shape index (κ3) is 4.27. The van der Waals surface area contributed by atoms with E-state index in [0.717, 1.165) is 5.56 Å². The van der Waals surface area contributed by atoms with Crippen molar-refractivity contribution in [3.63, 3.8) is 0 Å². The Morgan fingerprint density at radius 3 is 2.21 bits per heavy atom. The van der Waals surface area contributed by atoms with E-state index in [0.29, 0.717) is 5.75 Å². The molecule has 0 bridgehead atoms. The van der Waals surface area contributed by atoms with Gasteiger partial charge in [-0.1, -0.05) is 12.1 Å². The number of urea groups is 1. The second-order valence-corrected chi connectivity index (χ2v) is 10.9. The van der Waals surface area contributed by atoms with E-state index in [1.165, 1.54) is 62.1 Å². The van der Waals surface area contributed by atoms with Crippen LogP contribution in [0.15, 0.2) is 53.4 Å². The molecular formula is C23H27FN2O6S. The number of amides is 2. The van der Waals surface area contributed by atoms with E-state index in [9.17, 15) is 27.5 Å². The van der Waals surface area contributed by atoms with Crippen molar-refractivity contribution in [2.75, 3.05) is 6.54 Å². The number of carbonyl (C=O) groups is 2. The largest absolute Gasteiger partial charge is 0.489 e. The molecule has 1 aliphatic heterocycles. The molecule has 0 aliphatic carbocycles. The number of primary amides is 1. The van der Waals surface area contributed by atoms with Crippen LogP contribution in [0.5, 0.6) is 5.75 Å². The molecule has 2 aromatic carbocycles. The molecule has 3 rings (SSSR count). The second kappa shape index (κ2) is 8.66. The number of aliphatic carboxylic acids is 1. The fourth-order valence-electron chi connectivity index (χ4n) is 4.38. The molecule has 2 unspecified atom stereocenters. The Morgan fingerprint density at radius 2 is 1.70 bits per heavy atom. The minimum atomic E-state index is -4.08. The zero-order chi connectivity index (χ0) is 24.6. The molecule has 0 radical (unpaired) electrons. The lowest BCUT2D eigenvalue weighted by Crippen LogP contribution is -2.70. The van der Waals surface area contributed by atoms with Crippen LogP contribution < -0.4 is 10.5 Å². The van der Waals surface area contributed by atoms with Crippen molar-refractivity contribution in [1.29, 1.82) is 0 Å². The molecule has 0 aromatic heterocycles. The van der Waals surface area contributed by atoms with Gasteiger partial charge >= 0.3 is 12.0 Å². The molecule has 3 N–H and O–H groups in total. The minimum absolute atomic E-state index is 0.0218. The number of halogens is 1. The van der Waals surface area contributed by atoms with Gasteiger partial charge in [-0.15, -0.1) is 0 Å². The topological polar surface area (TPSA) is 127 Å². The van der Waals surface area contributed by atoms with Crippen molar-refractivity contribution < 1.29 is 32.2 Å². The number of rotatable bonds is 6. The molecule has 1 aliphatic rings. The molecule has 0 saturated carbocycles. The van der Waals surface area contributed by atoms with Crippen LogP contribution in [0.4, 0.5) is 9.18 Å². The summed E-state index contributed by atoms with van der Waals surface area (Å²) in [5.74, 6) is -1.28. The van der Waals surface area contributed by atoms with Crippen LogP contribution >= 0.6 is 0 Å². The molecule has 2 atom stereocenters. The lowest BCUT2D eigenvalue weighted by atomic mass is 9.66. The number of piperidine rings is 1. The molecule has 10 heteroatoms. The summed E-state index contributed by atoms with van der Waals surface area (Å²) in [6, 6.07) is 10.7. The van der Waals surface area contributed by atoms with E-state index in [4.69, 9.17) is 10.5 Å². The summed E-state index contributed by atoms with van der Waals surface area (Å²) < 4.78 is 45.7. The van der Waals surface area contributed by atoms with Crippen LogP contribution in [-0.2, 0) is 21.2 Å². The molecule has 1 heterocycles. The van der Waals surface area contributed by atoms with Gasteiger partial charge in [0.25, 0.3) is 0 Å². The van der Waals surface area contributed by atoms with Gasteiger partial charge in [-0.05, 0) is 69.2 Å². The van der Waals surface area contributed by atoms with E-state index < -0.39 is 38.0 Å². The third-order valence-corrected chi connectivity index (χ3v) is 9.15. The number of carbonyl (C=O) groups excluding carboxylic acids is 1. The van der Waals surface area contributed by atoms with Crippen LogP contribution in [0, 0.1) is 11.2 Å². The highest BCUT2D eigenvalue weighted by molar-refractivity contribution is 7.92. The summed E-state index contributed by atoms with van der Waals surface area (Å²) in [5, 5.41) is 8.79. The average Bonchev–Trinajstić information content (AvgIpc) is 2.74. The van der Waals surface area contributed by atoms with Gasteiger partial charge in [-0.2, -0.15) is 0 Å². The lowest BCUT2D eigenvalue weighted by molar-refractivity contribution is -0.159. The standard InChI is InChI=1S/C23H27FN2O6S/c1-22(2)23(3,20(27)28)19(12-13-26(22)21(25)29)33(30,31)18-10-8-17(9-11-18)32-14-15-4-6-16(24)7-5-15/h4-11,19H,12-14H2,1-3H3,(H2,25,29)(H,27,28). The Morgan fingerprint density at radius 1 is 1.12 bits per heavy atom. The monoisotopic (exact) mass is 478 g/mol. The van der Waals surface area contributed by atoms with E-state index in [1.54, 1.807) is 12.1 Å². The first-order valence-electron chi connectivity index (χ1n) is 10.3. The van der Waals surface area contributed by atoms with Gasteiger partial charge in [0.15, 0.2) is 9.84 Å². The number of carboxylic acid groups (broad SMARTS) is 1. The van der Waals surface area contributed by atoms with E-state index in [2.05, 4.69) is 0 Å². The number of nitrogens with zero attached hydrogens (tertiary/aromatic N) is 1. The number of nitrogens with two attached hydrogens (primary N) is 1. The SMILES string of the molecule is CC1(C(=O)O)C(S(=O)(=O)c2ccc(OCc3ccc(F)cc3)cc2)CCN(C(N)=O)C1(C)C. The zero-order valence-electron chi connectivity index (χ0n) is 18.6. The predicted molar refractivity (Wildman–Crippen MR) is 119 cm³/mol. The Kier molecular flexibility index (Phi) is 6.43. The maximum atomic E-state index is 13.5. The Bertz CT molecular complexity index is 1150. The molecular weight excluding hydrogens is 451 g/mol. The quantitative estimate of drug-likeness (QED) is 0.656. The van der Waals surface area contributed by atoms with Crippen LogP contribution in [0.3, 0.4) is 0 Å². The first-order valence-corrected chi connectivity index (χ1v) is 11.9. The summed E-state index contributed by atoms with van der Waals surface area (Å²) in [4.78, 5) is 25.4. The van der Waals surface area contributed by atoms with Crippen LogP contribution in [0.1, 0.15) is 32.8 Å². The van der Waals surface area contributed by atoms with Gasteiger partial charge < -0.3 is 20.5 Å². The third-order valence-electron chi connectivity index (χ3n) is 6.76. The number of hydrogen-bond donors (Lipinski definition) is 2. The van der Waals surface area contributed by atoms with Crippen molar-refractivity contribution >= 4 is 21.8 Å². The van der Waals surface area contributed by atoms with Crippen LogP contribution in [-0.4, -0.2) is 47.8 Å². The molecule has 1 saturated heterocycles. The summed E-state index contributed by atoms with van der Waals surface area (Å²) >= 11 is 0. The highest BCUT2D eigenvalue weighted by Gasteiger charge is 2.63. The Labute approximate surface area is 192 Å². The number of ether oxygens (including phenoxy) is 1. The van der Waals surface area contributed by atoms with E-state index in [1.807, 2.05) is 0 Å². The number of sulfone groups is 1. The van der Waals surface area contributed by atoms with Gasteiger partial charge in [0.2, 0.25) is 0 Å². The van der Waals surface area contributed by atoms with E-state index in [-0.39, 0.29) is 30.3 Å². The van der Waals surface area contributed by atoms with Gasteiger partial charge in [0.1, 0.15) is 23.6 Å². The average molecular weight is 479 g/mol. The number of benzene rings is 2. The lowest BCUT2D eigenvalue weighted by Gasteiger charge is -2.54. The maximum Gasteiger partial charge on any atom is 0.315 e.